The van der Waals surface area contributed by atoms with E-state index in [1.54, 1.807) is 19.9 Å². The lowest BCUT2D eigenvalue weighted by Gasteiger charge is -2.35. The SMILES string of the molecule is C=CCC1C(=O)C(C)(C)C(O)CC(=O)OC(c2ccc3sc(CN)nc3c2)CC=C(C)CCCC(C)C1O. The molecule has 5 unspecified atom stereocenters. The van der Waals surface area contributed by atoms with Gasteiger partial charge in [-0.25, -0.2) is 4.98 Å². The summed E-state index contributed by atoms with van der Waals surface area (Å²) < 4.78 is 6.93. The van der Waals surface area contributed by atoms with Crippen LogP contribution < -0.4 is 5.73 Å². The van der Waals surface area contributed by atoms with Crippen molar-refractivity contribution in [3.8, 4) is 0 Å². The number of hydrogen-bond donors (Lipinski definition) is 3. The molecule has 0 fully saturated rings. The van der Waals surface area contributed by atoms with Crippen LogP contribution in [0.15, 0.2) is 42.5 Å². The number of nitrogens with zero attached hydrogens (tertiary/aromatic N) is 1. The van der Waals surface area contributed by atoms with Gasteiger partial charge in [-0.3, -0.25) is 9.59 Å². The summed E-state index contributed by atoms with van der Waals surface area (Å²) in [6.45, 7) is 11.4. The summed E-state index contributed by atoms with van der Waals surface area (Å²) in [5.41, 5.74) is 7.30. The number of benzene rings is 1. The molecule has 2 aromatic rings. The van der Waals surface area contributed by atoms with Crippen molar-refractivity contribution in [3.05, 3.63) is 53.1 Å². The lowest BCUT2D eigenvalue weighted by atomic mass is 9.71. The molecule has 1 aliphatic heterocycles. The Bertz CT molecular complexity index is 1170. The highest BCUT2D eigenvalue weighted by atomic mass is 32.1. The molecule has 38 heavy (non-hydrogen) atoms. The standard InChI is InChI=1S/C30H42N2O5S/c1-6-8-21-28(35)19(3)10-7-9-18(2)11-13-23(37-27(34)16-25(33)30(4,5)29(21)36)20-12-14-24-22(15-20)32-26(17-31)38-24/h6,11-12,14-15,19,21,23,25,28,33,35H,1,7-10,13,16-17,31H2,2-5H3. The first-order valence-electron chi connectivity index (χ1n) is 13.4. The summed E-state index contributed by atoms with van der Waals surface area (Å²) in [5, 5.41) is 22.9. The van der Waals surface area contributed by atoms with Gasteiger partial charge in [0.25, 0.3) is 0 Å². The van der Waals surface area contributed by atoms with Crippen molar-refractivity contribution in [1.82, 2.24) is 4.98 Å². The minimum atomic E-state index is -1.27. The first kappa shape index (κ1) is 30.2. The third-order valence-electron chi connectivity index (χ3n) is 7.77. The predicted octanol–water partition coefficient (Wildman–Crippen LogP) is 5.40. The molecule has 3 rings (SSSR count). The molecule has 208 valence electrons. The van der Waals surface area contributed by atoms with Crippen LogP contribution in [0, 0.1) is 17.3 Å². The Labute approximate surface area is 229 Å². The number of ether oxygens (including phenoxy) is 1. The van der Waals surface area contributed by atoms with E-state index in [4.69, 9.17) is 10.5 Å². The number of carbonyl (C=O) groups is 2. The number of Topliss-reactive ketones (excluding diaryl/α,β-unsaturated/α-hetero) is 1. The van der Waals surface area contributed by atoms with E-state index in [1.165, 1.54) is 16.9 Å². The molecule has 1 aliphatic rings. The van der Waals surface area contributed by atoms with Crippen LogP contribution in [0.25, 0.3) is 10.2 Å². The summed E-state index contributed by atoms with van der Waals surface area (Å²) in [6, 6.07) is 5.83. The molecule has 8 heteroatoms. The van der Waals surface area contributed by atoms with Gasteiger partial charge < -0.3 is 20.7 Å². The highest BCUT2D eigenvalue weighted by Crippen LogP contribution is 2.35. The number of fused-ring (bicyclic) bond motifs is 1. The normalized spacial score (nSPS) is 28.1. The zero-order valence-corrected chi connectivity index (χ0v) is 23.8. The Kier molecular flexibility index (Phi) is 10.4. The zero-order valence-electron chi connectivity index (χ0n) is 23.0. The number of hydrogen-bond acceptors (Lipinski definition) is 8. The molecule has 1 aromatic heterocycles. The first-order valence-corrected chi connectivity index (χ1v) is 14.2. The number of nitrogens with two attached hydrogens (primary N) is 1. The molecular weight excluding hydrogens is 500 g/mol. The maximum Gasteiger partial charge on any atom is 0.309 e. The van der Waals surface area contributed by atoms with Crippen molar-refractivity contribution < 1.29 is 24.5 Å². The van der Waals surface area contributed by atoms with Crippen LogP contribution in [0.4, 0.5) is 0 Å². The van der Waals surface area contributed by atoms with E-state index >= 15 is 0 Å². The summed E-state index contributed by atoms with van der Waals surface area (Å²) in [4.78, 5) is 31.2. The van der Waals surface area contributed by atoms with E-state index in [1.807, 2.05) is 25.1 Å². The van der Waals surface area contributed by atoms with Crippen LogP contribution in [0.5, 0.6) is 0 Å². The smallest absolute Gasteiger partial charge is 0.309 e. The number of cyclic esters (lactones) is 1. The predicted molar refractivity (Wildman–Crippen MR) is 151 cm³/mol. The van der Waals surface area contributed by atoms with E-state index in [0.29, 0.717) is 19.4 Å². The highest BCUT2D eigenvalue weighted by molar-refractivity contribution is 7.18. The Morgan fingerprint density at radius 1 is 1.29 bits per heavy atom. The van der Waals surface area contributed by atoms with Crippen molar-refractivity contribution in [2.75, 3.05) is 0 Å². The number of aliphatic hydroxyl groups is 2. The van der Waals surface area contributed by atoms with Gasteiger partial charge in [-0.05, 0) is 56.2 Å². The van der Waals surface area contributed by atoms with Crippen molar-refractivity contribution in [1.29, 1.82) is 0 Å². The molecule has 1 aromatic carbocycles. The number of rotatable bonds is 4. The fourth-order valence-corrected chi connectivity index (χ4v) is 5.88. The number of esters is 1. The molecule has 0 radical (unpaired) electrons. The van der Waals surface area contributed by atoms with E-state index in [2.05, 4.69) is 24.6 Å². The Balaban J connectivity index is 1.93. The second-order valence-corrected chi connectivity index (χ2v) is 12.2. The van der Waals surface area contributed by atoms with Crippen molar-refractivity contribution in [2.24, 2.45) is 23.0 Å². The van der Waals surface area contributed by atoms with Crippen molar-refractivity contribution in [3.63, 3.8) is 0 Å². The number of ketones is 1. The third kappa shape index (κ3) is 7.17. The van der Waals surface area contributed by atoms with Gasteiger partial charge in [-0.15, -0.1) is 17.9 Å². The largest absolute Gasteiger partial charge is 0.457 e. The number of carbonyl (C=O) groups excluding carboxylic acids is 2. The molecule has 2 heterocycles. The highest BCUT2D eigenvalue weighted by Gasteiger charge is 2.43. The van der Waals surface area contributed by atoms with Crippen LogP contribution >= 0.6 is 11.3 Å². The molecule has 0 amide bonds. The van der Waals surface area contributed by atoms with E-state index in [9.17, 15) is 19.8 Å². The fourth-order valence-electron chi connectivity index (χ4n) is 5.06. The molecular formula is C30H42N2O5S. The van der Waals surface area contributed by atoms with Crippen molar-refractivity contribution in [2.45, 2.75) is 91.1 Å². The number of allylic oxidation sites excluding steroid dienone is 2. The Morgan fingerprint density at radius 3 is 2.71 bits per heavy atom. The van der Waals surface area contributed by atoms with Crippen LogP contribution in [0.3, 0.4) is 0 Å². The first-order chi connectivity index (χ1) is 18.0. The topological polar surface area (TPSA) is 123 Å². The third-order valence-corrected chi connectivity index (χ3v) is 8.83. The summed E-state index contributed by atoms with van der Waals surface area (Å²) in [5.74, 6) is -1.67. The van der Waals surface area contributed by atoms with Crippen LogP contribution in [0.2, 0.25) is 0 Å². The van der Waals surface area contributed by atoms with Crippen LogP contribution in [-0.4, -0.2) is 39.2 Å². The monoisotopic (exact) mass is 542 g/mol. The lowest BCUT2D eigenvalue weighted by molar-refractivity contribution is -0.156. The van der Waals surface area contributed by atoms with E-state index in [-0.39, 0.29) is 18.1 Å². The molecule has 7 nitrogen and oxygen atoms in total. The molecule has 0 aliphatic carbocycles. The zero-order chi connectivity index (χ0) is 28.0. The van der Waals surface area contributed by atoms with Crippen molar-refractivity contribution >= 4 is 33.3 Å². The molecule has 4 N–H and O–H groups in total. The second-order valence-electron chi connectivity index (χ2n) is 11.1. The van der Waals surface area contributed by atoms with Gasteiger partial charge in [0.1, 0.15) is 16.9 Å². The van der Waals surface area contributed by atoms with Gasteiger partial charge in [-0.1, -0.05) is 44.6 Å². The minimum absolute atomic E-state index is 0.0986. The van der Waals surface area contributed by atoms with E-state index in [0.717, 1.165) is 40.1 Å². The average Bonchev–Trinajstić information content (AvgIpc) is 3.30. The number of aliphatic hydroxyl groups excluding tert-OH is 2. The minimum Gasteiger partial charge on any atom is -0.457 e. The summed E-state index contributed by atoms with van der Waals surface area (Å²) in [7, 11) is 0. The lowest BCUT2D eigenvalue weighted by Crippen LogP contribution is -2.46. The fraction of sp³-hybridized carbons (Fsp3) is 0.567. The maximum absolute atomic E-state index is 13.6. The van der Waals surface area contributed by atoms with Gasteiger partial charge >= 0.3 is 5.97 Å². The molecule has 0 spiro atoms. The van der Waals surface area contributed by atoms with Gasteiger partial charge in [0, 0.05) is 18.9 Å². The van der Waals surface area contributed by atoms with Gasteiger partial charge in [0.05, 0.1) is 34.3 Å². The molecule has 0 saturated carbocycles. The Hall–Kier alpha value is -2.39. The summed E-state index contributed by atoms with van der Waals surface area (Å²) >= 11 is 1.54. The number of thiazole rings is 1. The maximum atomic E-state index is 13.6. The quantitative estimate of drug-likeness (QED) is 0.349. The molecule has 0 bridgehead atoms. The summed E-state index contributed by atoms with van der Waals surface area (Å²) in [6.07, 6.45) is 3.94. The second kappa shape index (κ2) is 13.1. The van der Waals surface area contributed by atoms with Gasteiger partial charge in [0.2, 0.25) is 0 Å². The van der Waals surface area contributed by atoms with Gasteiger partial charge in [0.15, 0.2) is 0 Å². The average molecular weight is 543 g/mol. The van der Waals surface area contributed by atoms with Crippen LogP contribution in [-0.2, 0) is 20.9 Å². The van der Waals surface area contributed by atoms with Gasteiger partial charge in [-0.2, -0.15) is 0 Å². The number of aromatic nitrogens is 1. The molecule has 0 saturated heterocycles. The Morgan fingerprint density at radius 2 is 2.03 bits per heavy atom. The van der Waals surface area contributed by atoms with Crippen LogP contribution in [0.1, 0.15) is 82.9 Å². The molecule has 5 atom stereocenters. The van der Waals surface area contributed by atoms with E-state index < -0.39 is 35.6 Å².